The van der Waals surface area contributed by atoms with E-state index in [1.807, 2.05) is 0 Å². The Morgan fingerprint density at radius 3 is 2.20 bits per heavy atom. The second kappa shape index (κ2) is 1.78. The first-order valence-electron chi connectivity index (χ1n) is 0.719. The van der Waals surface area contributed by atoms with Gasteiger partial charge in [0.1, 0.15) is 4.91 Å². The highest BCUT2D eigenvalue weighted by molar-refractivity contribution is 6.06. The van der Waals surface area contributed by atoms with Crippen LogP contribution in [0.2, 0.25) is 0 Å². The number of hydrogen-bond donors (Lipinski definition) is 1. The lowest BCUT2D eigenvalue weighted by molar-refractivity contribution is -0.949. The molecule has 0 amide bonds. The third-order valence-corrected chi connectivity index (χ3v) is 0.177. The van der Waals surface area contributed by atoms with Crippen molar-refractivity contribution in [1.82, 2.24) is 0 Å². The smallest absolute Gasteiger partial charge is 0.199 e. The second-order valence-corrected chi connectivity index (χ2v) is 0.445. The molecule has 0 fully saturated rings. The highest BCUT2D eigenvalue weighted by atomic mass is 35.5. The molecule has 0 aromatic heterocycles. The SMILES string of the molecule is O=[N+](O)OCl. The first-order valence-corrected chi connectivity index (χ1v) is 1.03. The molecule has 0 aliphatic carbocycles. The molecule has 30 valence electrons. The minimum Gasteiger partial charge on any atom is -0.199 e. The van der Waals surface area contributed by atoms with Crippen LogP contribution in [0.15, 0.2) is 0 Å². The lowest BCUT2D eigenvalue weighted by Crippen LogP contribution is -1.90. The van der Waals surface area contributed by atoms with Crippen LogP contribution in [0.4, 0.5) is 0 Å². The van der Waals surface area contributed by atoms with Crippen LogP contribution in [0, 0.1) is 4.91 Å². The van der Waals surface area contributed by atoms with Gasteiger partial charge in [-0.25, -0.2) is 0 Å². The molecule has 0 unspecified atom stereocenters. The zero-order chi connectivity index (χ0) is 4.28. The summed E-state index contributed by atoms with van der Waals surface area (Å²) in [6.45, 7) is 0. The summed E-state index contributed by atoms with van der Waals surface area (Å²) in [5.74, 6) is 0. The lowest BCUT2D eigenvalue weighted by atomic mass is 13.1. The molecule has 0 saturated heterocycles. The molecule has 0 spiro atoms. The Morgan fingerprint density at radius 1 is 2.00 bits per heavy atom. The zero-order valence-electron chi connectivity index (χ0n) is 2.09. The van der Waals surface area contributed by atoms with E-state index in [0.717, 1.165) is 0 Å². The van der Waals surface area contributed by atoms with Gasteiger partial charge >= 0.3 is 5.09 Å². The van der Waals surface area contributed by atoms with E-state index in [1.54, 1.807) is 0 Å². The molecule has 0 heterocycles. The van der Waals surface area contributed by atoms with E-state index in [0.29, 0.717) is 0 Å². The van der Waals surface area contributed by atoms with Gasteiger partial charge in [0.2, 0.25) is 11.9 Å². The average Bonchev–Trinajstić information content (AvgIpc) is 1.38. The number of rotatable bonds is 1. The molecule has 0 rings (SSSR count). The zero-order valence-corrected chi connectivity index (χ0v) is 2.84. The van der Waals surface area contributed by atoms with E-state index >= 15 is 0 Å². The fraction of sp³-hybridized carbons (Fsp3) is 0. The summed E-state index contributed by atoms with van der Waals surface area (Å²) in [5, 5.41) is 6.43. The van der Waals surface area contributed by atoms with Crippen LogP contribution in [0.5, 0.6) is 0 Å². The molecule has 5 heteroatoms. The van der Waals surface area contributed by atoms with Crippen LogP contribution < -0.4 is 0 Å². The molecule has 4 nitrogen and oxygen atoms in total. The molecular weight excluding hydrogens is 97.5 g/mol. The summed E-state index contributed by atoms with van der Waals surface area (Å²) in [6, 6.07) is 0. The summed E-state index contributed by atoms with van der Waals surface area (Å²) >= 11 is 4.20. The quantitative estimate of drug-likeness (QED) is 0.478. The van der Waals surface area contributed by atoms with Gasteiger partial charge in [-0.3, -0.25) is 0 Å². The average molecular weight is 98.5 g/mol. The lowest BCUT2D eigenvalue weighted by Gasteiger charge is -1.57. The molecule has 0 saturated carbocycles. The molecule has 0 bridgehead atoms. The second-order valence-electron chi connectivity index (χ2n) is 0.307. The number of nitrogens with zero attached hydrogens (tertiary/aromatic N) is 1. The monoisotopic (exact) mass is 98.0 g/mol. The summed E-state index contributed by atoms with van der Waals surface area (Å²) in [4.78, 5) is 8.93. The van der Waals surface area contributed by atoms with Crippen LogP contribution >= 0.6 is 11.9 Å². The topological polar surface area (TPSA) is 49.5 Å². The van der Waals surface area contributed by atoms with Gasteiger partial charge in [-0.2, -0.15) is 5.21 Å². The minimum atomic E-state index is -0.860. The summed E-state index contributed by atoms with van der Waals surface area (Å²) in [6.07, 6.45) is 0. The molecule has 0 radical (unpaired) electrons. The molecular formula is HClNO3+. The maximum Gasteiger partial charge on any atom is 0.495 e. The van der Waals surface area contributed by atoms with E-state index in [1.165, 1.54) is 0 Å². The van der Waals surface area contributed by atoms with Crippen molar-refractivity contribution in [2.45, 2.75) is 0 Å². The Labute approximate surface area is 32.6 Å². The van der Waals surface area contributed by atoms with E-state index in [-0.39, 0.29) is 0 Å². The van der Waals surface area contributed by atoms with Gasteiger partial charge in [0.05, 0.1) is 0 Å². The van der Waals surface area contributed by atoms with Gasteiger partial charge < -0.3 is 0 Å². The molecule has 0 aromatic rings. The van der Waals surface area contributed by atoms with E-state index in [9.17, 15) is 0 Å². The van der Waals surface area contributed by atoms with E-state index in [4.69, 9.17) is 10.1 Å². The van der Waals surface area contributed by atoms with Crippen LogP contribution in [-0.2, 0) is 4.39 Å². The highest BCUT2D eigenvalue weighted by Gasteiger charge is 1.95. The minimum absolute atomic E-state index is 0.860. The standard InChI is InChI=1S/ClHNO3/c1-5-2(3)4/h(H,3,4)/q+1. The first kappa shape index (κ1) is 4.49. The van der Waals surface area contributed by atoms with Crippen molar-refractivity contribution in [1.29, 1.82) is 0 Å². The fourth-order valence-electron chi connectivity index (χ4n) is 0. The van der Waals surface area contributed by atoms with Gasteiger partial charge in [-0.05, 0) is 0 Å². The van der Waals surface area contributed by atoms with Gasteiger partial charge in [-0.15, -0.1) is 0 Å². The Hall–Kier alpha value is -0.510. The third kappa shape index (κ3) is 3.49. The van der Waals surface area contributed by atoms with Crippen molar-refractivity contribution < 1.29 is 14.7 Å². The predicted octanol–water partition coefficient (Wildman–Crippen LogP) is 0.240. The van der Waals surface area contributed by atoms with Crippen molar-refractivity contribution in [3.05, 3.63) is 4.91 Å². The Bertz CT molecular complexity index is 42.2. The van der Waals surface area contributed by atoms with Crippen LogP contribution in [0.3, 0.4) is 0 Å². The molecule has 0 aliphatic heterocycles. The van der Waals surface area contributed by atoms with Crippen molar-refractivity contribution in [2.75, 3.05) is 0 Å². The Kier molecular flexibility index (Phi) is 1.60. The Balaban J connectivity index is 2.85. The third-order valence-electron chi connectivity index (χ3n) is 0.0590. The summed E-state index contributed by atoms with van der Waals surface area (Å²) in [7, 11) is 0. The fourth-order valence-corrected chi connectivity index (χ4v) is 0. The maximum absolute atomic E-state index is 8.93. The van der Waals surface area contributed by atoms with Crippen LogP contribution in [0.1, 0.15) is 0 Å². The van der Waals surface area contributed by atoms with E-state index < -0.39 is 5.09 Å². The molecule has 0 aromatic carbocycles. The van der Waals surface area contributed by atoms with E-state index in [2.05, 4.69) is 16.3 Å². The van der Waals surface area contributed by atoms with Crippen LogP contribution in [-0.4, -0.2) is 10.3 Å². The molecule has 0 atom stereocenters. The highest BCUT2D eigenvalue weighted by Crippen LogP contribution is 1.71. The summed E-state index contributed by atoms with van der Waals surface area (Å²) < 4.78 is 3.06. The summed E-state index contributed by atoms with van der Waals surface area (Å²) in [5.41, 5.74) is 0. The largest absolute Gasteiger partial charge is 0.495 e. The van der Waals surface area contributed by atoms with Crippen molar-refractivity contribution in [3.8, 4) is 0 Å². The van der Waals surface area contributed by atoms with Gasteiger partial charge in [0.15, 0.2) is 0 Å². The first-order chi connectivity index (χ1) is 2.27. The Morgan fingerprint density at radius 2 is 2.20 bits per heavy atom. The number of hydrogen-bond acceptors (Lipinski definition) is 2. The van der Waals surface area contributed by atoms with Gasteiger partial charge in [0.25, 0.3) is 0 Å². The number of halogens is 1. The maximum atomic E-state index is 8.93. The molecule has 0 aliphatic rings. The normalized spacial score (nSPS) is 6.60. The van der Waals surface area contributed by atoms with Gasteiger partial charge in [-0.1, -0.05) is 4.39 Å². The van der Waals surface area contributed by atoms with Crippen LogP contribution in [0.25, 0.3) is 0 Å². The molecule has 5 heavy (non-hydrogen) atoms. The van der Waals surface area contributed by atoms with Crippen molar-refractivity contribution >= 4 is 11.9 Å². The molecule has 1 N–H and O–H groups in total. The predicted molar refractivity (Wildman–Crippen MR) is 12.4 cm³/mol. The van der Waals surface area contributed by atoms with Crippen molar-refractivity contribution in [3.63, 3.8) is 0 Å². The van der Waals surface area contributed by atoms with Gasteiger partial charge in [0, 0.05) is 0 Å². The van der Waals surface area contributed by atoms with Crippen molar-refractivity contribution in [2.24, 2.45) is 0 Å².